The Balaban J connectivity index is 2.14. The molecule has 0 aliphatic rings. The second kappa shape index (κ2) is 5.40. The fourth-order valence-corrected chi connectivity index (χ4v) is 1.83. The Morgan fingerprint density at radius 1 is 1.45 bits per heavy atom. The molecule has 0 saturated carbocycles. The van der Waals surface area contributed by atoms with E-state index in [0.717, 1.165) is 11.6 Å². The quantitative estimate of drug-likeness (QED) is 0.686. The third-order valence-corrected chi connectivity index (χ3v) is 2.77. The minimum atomic E-state index is -0.674. The molecule has 2 aromatic rings. The zero-order chi connectivity index (χ0) is 14.7. The van der Waals surface area contributed by atoms with Gasteiger partial charge in [0.1, 0.15) is 17.6 Å². The molecule has 1 aromatic carbocycles. The summed E-state index contributed by atoms with van der Waals surface area (Å²) in [5, 5.41) is 22.4. The van der Waals surface area contributed by atoms with Crippen LogP contribution in [0.3, 0.4) is 0 Å². The summed E-state index contributed by atoms with van der Waals surface area (Å²) in [5.41, 5.74) is 1.35. The highest BCUT2D eigenvalue weighted by atomic mass is 19.1. The maximum absolute atomic E-state index is 13.2. The SMILES string of the molecule is Cn1cc(CNc2cc(F)cc([N+](=O)[O-])c2)cc1C#N. The maximum Gasteiger partial charge on any atom is 0.274 e. The summed E-state index contributed by atoms with van der Waals surface area (Å²) in [5.74, 6) is -0.674. The number of hydrogen-bond donors (Lipinski definition) is 1. The third-order valence-electron chi connectivity index (χ3n) is 2.77. The molecule has 0 spiro atoms. The van der Waals surface area contributed by atoms with E-state index in [-0.39, 0.29) is 5.69 Å². The van der Waals surface area contributed by atoms with Gasteiger partial charge in [0.25, 0.3) is 5.69 Å². The highest BCUT2D eigenvalue weighted by molar-refractivity contribution is 5.52. The topological polar surface area (TPSA) is 83.9 Å². The van der Waals surface area contributed by atoms with Crippen molar-refractivity contribution < 1.29 is 9.31 Å². The van der Waals surface area contributed by atoms with Crippen LogP contribution in [0.2, 0.25) is 0 Å². The molecule has 1 heterocycles. The lowest BCUT2D eigenvalue weighted by molar-refractivity contribution is -0.385. The molecule has 1 aromatic heterocycles. The normalized spacial score (nSPS) is 10.1. The third kappa shape index (κ3) is 2.92. The molecule has 0 radical (unpaired) electrons. The summed E-state index contributed by atoms with van der Waals surface area (Å²) in [6, 6.07) is 7.03. The largest absolute Gasteiger partial charge is 0.381 e. The van der Waals surface area contributed by atoms with Gasteiger partial charge >= 0.3 is 0 Å². The van der Waals surface area contributed by atoms with E-state index in [1.54, 1.807) is 23.9 Å². The number of nitriles is 1. The monoisotopic (exact) mass is 274 g/mol. The number of non-ortho nitro benzene ring substituents is 1. The van der Waals surface area contributed by atoms with E-state index < -0.39 is 10.7 Å². The maximum atomic E-state index is 13.2. The molecule has 0 unspecified atom stereocenters. The number of benzene rings is 1. The fourth-order valence-electron chi connectivity index (χ4n) is 1.83. The van der Waals surface area contributed by atoms with Crippen LogP contribution in [0.25, 0.3) is 0 Å². The minimum Gasteiger partial charge on any atom is -0.381 e. The molecule has 2 rings (SSSR count). The van der Waals surface area contributed by atoms with Crippen LogP contribution in [0.1, 0.15) is 11.3 Å². The molecule has 0 atom stereocenters. The van der Waals surface area contributed by atoms with Crippen LogP contribution in [-0.4, -0.2) is 9.49 Å². The smallest absolute Gasteiger partial charge is 0.274 e. The van der Waals surface area contributed by atoms with Crippen molar-refractivity contribution in [3.05, 3.63) is 57.7 Å². The van der Waals surface area contributed by atoms with Gasteiger partial charge < -0.3 is 9.88 Å². The summed E-state index contributed by atoms with van der Waals surface area (Å²) >= 11 is 0. The number of nitrogens with one attached hydrogen (secondary N) is 1. The van der Waals surface area contributed by atoms with Crippen molar-refractivity contribution in [2.75, 3.05) is 5.32 Å². The predicted molar refractivity (Wildman–Crippen MR) is 70.5 cm³/mol. The molecule has 0 amide bonds. The number of aromatic nitrogens is 1. The molecule has 20 heavy (non-hydrogen) atoms. The molecule has 0 aliphatic heterocycles. The second-order valence-corrected chi connectivity index (χ2v) is 4.27. The van der Waals surface area contributed by atoms with E-state index >= 15 is 0 Å². The van der Waals surface area contributed by atoms with Crippen LogP contribution in [0, 0.1) is 27.3 Å². The van der Waals surface area contributed by atoms with Gasteiger partial charge in [-0.25, -0.2) is 4.39 Å². The van der Waals surface area contributed by atoms with Crippen molar-refractivity contribution in [2.45, 2.75) is 6.54 Å². The van der Waals surface area contributed by atoms with E-state index in [9.17, 15) is 14.5 Å². The minimum absolute atomic E-state index is 0.307. The van der Waals surface area contributed by atoms with Gasteiger partial charge in [0, 0.05) is 31.5 Å². The molecule has 1 N–H and O–H groups in total. The molecule has 0 bridgehead atoms. The first-order valence-corrected chi connectivity index (χ1v) is 5.74. The lowest BCUT2D eigenvalue weighted by atomic mass is 10.2. The van der Waals surface area contributed by atoms with Crippen LogP contribution in [0.4, 0.5) is 15.8 Å². The Morgan fingerprint density at radius 2 is 2.20 bits per heavy atom. The van der Waals surface area contributed by atoms with Gasteiger partial charge in [0.05, 0.1) is 11.0 Å². The number of nitro benzene ring substituents is 1. The zero-order valence-electron chi connectivity index (χ0n) is 10.6. The van der Waals surface area contributed by atoms with E-state index in [4.69, 9.17) is 5.26 Å². The first-order chi connectivity index (χ1) is 9.49. The van der Waals surface area contributed by atoms with Crippen molar-refractivity contribution >= 4 is 11.4 Å². The van der Waals surface area contributed by atoms with Gasteiger partial charge in [-0.05, 0) is 17.7 Å². The average Bonchev–Trinajstić information content (AvgIpc) is 2.76. The average molecular weight is 274 g/mol. The van der Waals surface area contributed by atoms with Crippen LogP contribution in [0.5, 0.6) is 0 Å². The van der Waals surface area contributed by atoms with Gasteiger partial charge in [-0.15, -0.1) is 0 Å². The summed E-state index contributed by atoms with van der Waals surface area (Å²) < 4.78 is 14.9. The molecule has 0 fully saturated rings. The highest BCUT2D eigenvalue weighted by Crippen LogP contribution is 2.20. The van der Waals surface area contributed by atoms with Gasteiger partial charge in [-0.2, -0.15) is 5.26 Å². The second-order valence-electron chi connectivity index (χ2n) is 4.27. The lowest BCUT2D eigenvalue weighted by Crippen LogP contribution is -2.00. The number of hydrogen-bond acceptors (Lipinski definition) is 4. The van der Waals surface area contributed by atoms with E-state index in [0.29, 0.717) is 17.9 Å². The molecular formula is C13H11FN4O2. The summed E-state index contributed by atoms with van der Waals surface area (Å²) in [7, 11) is 1.75. The van der Waals surface area contributed by atoms with E-state index in [1.165, 1.54) is 12.1 Å². The van der Waals surface area contributed by atoms with Gasteiger partial charge in [-0.1, -0.05) is 0 Å². The summed E-state index contributed by atoms with van der Waals surface area (Å²) in [4.78, 5) is 9.99. The fraction of sp³-hybridized carbons (Fsp3) is 0.154. The highest BCUT2D eigenvalue weighted by Gasteiger charge is 2.10. The van der Waals surface area contributed by atoms with Crippen molar-refractivity contribution in [3.8, 4) is 6.07 Å². The Kier molecular flexibility index (Phi) is 3.66. The Hall–Kier alpha value is -2.88. The first-order valence-electron chi connectivity index (χ1n) is 5.74. The number of anilines is 1. The standard InChI is InChI=1S/C13H11FN4O2/c1-17-8-9(2-13(17)6-15)7-16-11-3-10(14)4-12(5-11)18(19)20/h2-5,8,16H,7H2,1H3. The molecule has 102 valence electrons. The first kappa shape index (κ1) is 13.5. The lowest BCUT2D eigenvalue weighted by Gasteiger charge is -2.05. The zero-order valence-corrected chi connectivity index (χ0v) is 10.6. The van der Waals surface area contributed by atoms with Gasteiger partial charge in [0.15, 0.2) is 0 Å². The van der Waals surface area contributed by atoms with Gasteiger partial charge in [0.2, 0.25) is 0 Å². The molecular weight excluding hydrogens is 263 g/mol. The summed E-state index contributed by atoms with van der Waals surface area (Å²) in [6.45, 7) is 0.343. The predicted octanol–water partition coefficient (Wildman–Crippen LogP) is 2.56. The number of halogens is 1. The number of nitrogens with zero attached hydrogens (tertiary/aromatic N) is 3. The van der Waals surface area contributed by atoms with Gasteiger partial charge in [-0.3, -0.25) is 10.1 Å². The van der Waals surface area contributed by atoms with Crippen molar-refractivity contribution in [2.24, 2.45) is 7.05 Å². The van der Waals surface area contributed by atoms with Crippen LogP contribution in [-0.2, 0) is 13.6 Å². The van der Waals surface area contributed by atoms with Crippen LogP contribution < -0.4 is 5.32 Å². The Labute approximate surface area is 114 Å². The number of nitro groups is 1. The van der Waals surface area contributed by atoms with Crippen LogP contribution in [0.15, 0.2) is 30.5 Å². The Morgan fingerprint density at radius 3 is 2.80 bits per heavy atom. The number of aryl methyl sites for hydroxylation is 1. The molecule has 6 nitrogen and oxygen atoms in total. The molecule has 0 aliphatic carbocycles. The number of rotatable bonds is 4. The molecule has 0 saturated heterocycles. The van der Waals surface area contributed by atoms with Crippen molar-refractivity contribution in [1.82, 2.24) is 4.57 Å². The van der Waals surface area contributed by atoms with Crippen molar-refractivity contribution in [3.63, 3.8) is 0 Å². The van der Waals surface area contributed by atoms with Crippen molar-refractivity contribution in [1.29, 1.82) is 5.26 Å². The van der Waals surface area contributed by atoms with E-state index in [1.807, 2.05) is 6.07 Å². The molecule has 7 heteroatoms. The Bertz CT molecular complexity index is 703. The summed E-state index contributed by atoms with van der Waals surface area (Å²) in [6.07, 6.45) is 1.76. The van der Waals surface area contributed by atoms with Crippen LogP contribution >= 0.6 is 0 Å². The van der Waals surface area contributed by atoms with E-state index in [2.05, 4.69) is 5.32 Å².